The highest BCUT2D eigenvalue weighted by atomic mass is 35.5. The van der Waals surface area contributed by atoms with E-state index in [4.69, 9.17) is 32.5 Å². The van der Waals surface area contributed by atoms with Crippen LogP contribution in [0.2, 0.25) is 5.02 Å². The normalized spacial score (nSPS) is 15.9. The van der Waals surface area contributed by atoms with Crippen LogP contribution in [0.15, 0.2) is 76.7 Å². The largest absolute Gasteiger partial charge is 0.489 e. The zero-order chi connectivity index (χ0) is 27.2. The van der Waals surface area contributed by atoms with E-state index in [0.29, 0.717) is 41.2 Å². The molecule has 4 N–H and O–H groups in total. The highest BCUT2D eigenvalue weighted by Gasteiger charge is 2.33. The van der Waals surface area contributed by atoms with Gasteiger partial charge >= 0.3 is 0 Å². The van der Waals surface area contributed by atoms with Gasteiger partial charge in [-0.05, 0) is 61.9 Å². The predicted molar refractivity (Wildman–Crippen MR) is 155 cm³/mol. The molecule has 0 saturated carbocycles. The minimum absolute atomic E-state index is 0.0931. The Balaban J connectivity index is 1.84. The molecule has 0 radical (unpaired) electrons. The fourth-order valence-corrected chi connectivity index (χ4v) is 4.47. The van der Waals surface area contributed by atoms with Crippen LogP contribution in [0.1, 0.15) is 37.0 Å². The van der Waals surface area contributed by atoms with Gasteiger partial charge in [-0.25, -0.2) is 0 Å². The molecule has 3 aromatic carbocycles. The topological polar surface area (TPSA) is 116 Å². The summed E-state index contributed by atoms with van der Waals surface area (Å²) in [6, 6.07) is 20.0. The first kappa shape index (κ1) is 26.9. The first-order valence-corrected chi connectivity index (χ1v) is 12.7. The number of hydrogen-bond donors (Lipinski definition) is 3. The Morgan fingerprint density at radius 2 is 1.87 bits per heavy atom. The number of carbonyl (C=O) groups is 1. The van der Waals surface area contributed by atoms with Crippen LogP contribution in [-0.2, 0) is 11.4 Å². The zero-order valence-corrected chi connectivity index (χ0v) is 22.4. The Bertz CT molecular complexity index is 1380. The van der Waals surface area contributed by atoms with E-state index in [9.17, 15) is 4.79 Å². The summed E-state index contributed by atoms with van der Waals surface area (Å²) in [6.07, 6.45) is 0.0931. The first-order chi connectivity index (χ1) is 18.3. The number of anilines is 2. The monoisotopic (exact) mass is 530 g/mol. The number of nitrogens with one attached hydrogen (secondary N) is 2. The van der Waals surface area contributed by atoms with Gasteiger partial charge in [0, 0.05) is 35.4 Å². The number of halogens is 1. The number of benzodiazepines with no additional fused rings is 1. The maximum atomic E-state index is 12.7. The maximum Gasteiger partial charge on any atom is 0.222 e. The third-order valence-corrected chi connectivity index (χ3v) is 6.35. The number of fused-ring (bicyclic) bond motifs is 1. The number of nitrogens with two attached hydrogens (primary N) is 1. The number of ether oxygens (including phenoxy) is 1. The Hall–Kier alpha value is -4.17. The summed E-state index contributed by atoms with van der Waals surface area (Å²) in [5, 5.41) is 12.1. The van der Waals surface area contributed by atoms with Gasteiger partial charge in [0.15, 0.2) is 0 Å². The standard InChI is InChI=1S/C29H31ClN6O2/c1-4-34-27(37)16-25-29(33-3)36(18(2)31)26-14-13-23(38-17-19-5-11-22(32)12-6-19)15-24(26)28(35-25)20-7-9-21(30)10-8-20/h5-15,25,31H,4,16-17,32H2,1-3H3,(H,34,37)/t25-/m0/s1. The molecule has 0 saturated heterocycles. The van der Waals surface area contributed by atoms with E-state index in [1.807, 2.05) is 61.5 Å². The Morgan fingerprint density at radius 1 is 1.16 bits per heavy atom. The molecule has 4 rings (SSSR count). The molecule has 1 aliphatic heterocycles. The fraction of sp³-hybridized carbons (Fsp3) is 0.241. The molecule has 196 valence electrons. The quantitative estimate of drug-likeness (QED) is 0.224. The van der Waals surface area contributed by atoms with Crippen molar-refractivity contribution in [2.24, 2.45) is 9.98 Å². The van der Waals surface area contributed by atoms with E-state index in [-0.39, 0.29) is 18.2 Å². The second kappa shape index (κ2) is 11.9. The summed E-state index contributed by atoms with van der Waals surface area (Å²) in [5.41, 5.74) is 10.5. The summed E-state index contributed by atoms with van der Waals surface area (Å²) >= 11 is 6.18. The zero-order valence-electron chi connectivity index (χ0n) is 21.7. The number of rotatable bonds is 7. The number of aliphatic imine (C=N–C) groups is 2. The number of carbonyl (C=O) groups excluding carboxylic acids is 1. The third kappa shape index (κ3) is 6.03. The van der Waals surface area contributed by atoms with Crippen molar-refractivity contribution in [2.75, 3.05) is 24.2 Å². The van der Waals surface area contributed by atoms with Gasteiger partial charge in [0.1, 0.15) is 30.1 Å². The number of nitrogen functional groups attached to an aromatic ring is 1. The van der Waals surface area contributed by atoms with Crippen molar-refractivity contribution in [2.45, 2.75) is 32.9 Å². The van der Waals surface area contributed by atoms with Gasteiger partial charge in [-0.1, -0.05) is 35.9 Å². The molecule has 0 bridgehead atoms. The van der Waals surface area contributed by atoms with Gasteiger partial charge < -0.3 is 15.8 Å². The highest BCUT2D eigenvalue weighted by molar-refractivity contribution is 6.31. The van der Waals surface area contributed by atoms with Crippen LogP contribution in [0.4, 0.5) is 11.4 Å². The van der Waals surface area contributed by atoms with Crippen molar-refractivity contribution in [3.63, 3.8) is 0 Å². The van der Waals surface area contributed by atoms with Crippen LogP contribution in [0.3, 0.4) is 0 Å². The summed E-state index contributed by atoms with van der Waals surface area (Å²) in [4.78, 5) is 24.0. The van der Waals surface area contributed by atoms with E-state index in [2.05, 4.69) is 10.3 Å². The van der Waals surface area contributed by atoms with Gasteiger partial charge in [-0.15, -0.1) is 0 Å². The summed E-state index contributed by atoms with van der Waals surface area (Å²) in [5.74, 6) is 1.28. The molecule has 0 spiro atoms. The van der Waals surface area contributed by atoms with Crippen LogP contribution in [0.25, 0.3) is 0 Å². The molecular formula is C29H31ClN6O2. The molecule has 0 unspecified atom stereocenters. The second-order valence-electron chi connectivity index (χ2n) is 8.87. The first-order valence-electron chi connectivity index (χ1n) is 12.3. The molecule has 1 atom stereocenters. The number of amides is 1. The number of nitrogens with zero attached hydrogens (tertiary/aromatic N) is 3. The molecule has 0 aliphatic carbocycles. The minimum Gasteiger partial charge on any atom is -0.489 e. The SMILES string of the molecule is CCNC(=O)C[C@@H]1N=C(c2ccc(Cl)cc2)c2cc(OCc3ccc(N)cc3)ccc2N(C(C)=N)C1=NC. The molecule has 0 aromatic heterocycles. The van der Waals surface area contributed by atoms with Gasteiger partial charge in [0.05, 0.1) is 17.8 Å². The molecule has 3 aromatic rings. The van der Waals surface area contributed by atoms with Gasteiger partial charge in [0.25, 0.3) is 0 Å². The Morgan fingerprint density at radius 3 is 2.50 bits per heavy atom. The van der Waals surface area contributed by atoms with Crippen LogP contribution in [0, 0.1) is 5.41 Å². The maximum absolute atomic E-state index is 12.7. The van der Waals surface area contributed by atoms with Crippen LogP contribution < -0.4 is 20.7 Å². The molecule has 38 heavy (non-hydrogen) atoms. The molecular weight excluding hydrogens is 500 g/mol. The number of amidine groups is 2. The lowest BCUT2D eigenvalue weighted by Crippen LogP contribution is -2.43. The lowest BCUT2D eigenvalue weighted by atomic mass is 9.99. The Labute approximate surface area is 227 Å². The molecule has 9 heteroatoms. The van der Waals surface area contributed by atoms with Crippen molar-refractivity contribution < 1.29 is 9.53 Å². The predicted octanol–water partition coefficient (Wildman–Crippen LogP) is 5.08. The number of hydrogen-bond acceptors (Lipinski definition) is 6. The van der Waals surface area contributed by atoms with Crippen LogP contribution in [-0.4, -0.2) is 42.9 Å². The average molecular weight is 531 g/mol. The molecule has 8 nitrogen and oxygen atoms in total. The van der Waals surface area contributed by atoms with E-state index in [0.717, 1.165) is 22.4 Å². The van der Waals surface area contributed by atoms with Gasteiger partial charge in [-0.2, -0.15) is 0 Å². The van der Waals surface area contributed by atoms with Gasteiger partial charge in [0.2, 0.25) is 5.91 Å². The van der Waals surface area contributed by atoms with Crippen molar-refractivity contribution in [1.82, 2.24) is 5.32 Å². The van der Waals surface area contributed by atoms with E-state index in [1.165, 1.54) is 0 Å². The van der Waals surface area contributed by atoms with Crippen LogP contribution in [0.5, 0.6) is 5.75 Å². The Kier molecular flexibility index (Phi) is 8.43. The second-order valence-corrected chi connectivity index (χ2v) is 9.31. The molecule has 1 aliphatic rings. The molecule has 0 fully saturated rings. The van der Waals surface area contributed by atoms with Crippen LogP contribution >= 0.6 is 11.6 Å². The highest BCUT2D eigenvalue weighted by Crippen LogP contribution is 2.33. The lowest BCUT2D eigenvalue weighted by molar-refractivity contribution is -0.121. The average Bonchev–Trinajstić information content (AvgIpc) is 3.03. The van der Waals surface area contributed by atoms with E-state index < -0.39 is 6.04 Å². The summed E-state index contributed by atoms with van der Waals surface area (Å²) < 4.78 is 6.13. The van der Waals surface area contributed by atoms with Crippen molar-refractivity contribution in [3.05, 3.63) is 88.4 Å². The third-order valence-electron chi connectivity index (χ3n) is 6.10. The van der Waals surface area contributed by atoms with Crippen molar-refractivity contribution >= 4 is 46.3 Å². The fourth-order valence-electron chi connectivity index (χ4n) is 4.35. The van der Waals surface area contributed by atoms with E-state index in [1.54, 1.807) is 31.0 Å². The smallest absolute Gasteiger partial charge is 0.222 e. The molecule has 1 heterocycles. The van der Waals surface area contributed by atoms with Crippen molar-refractivity contribution in [3.8, 4) is 5.75 Å². The lowest BCUT2D eigenvalue weighted by Gasteiger charge is -2.27. The number of benzene rings is 3. The molecule has 1 amide bonds. The van der Waals surface area contributed by atoms with Gasteiger partial charge in [-0.3, -0.25) is 25.1 Å². The van der Waals surface area contributed by atoms with Crippen molar-refractivity contribution in [1.29, 1.82) is 5.41 Å². The van der Waals surface area contributed by atoms with E-state index >= 15 is 0 Å². The summed E-state index contributed by atoms with van der Waals surface area (Å²) in [7, 11) is 1.66. The minimum atomic E-state index is -0.607. The summed E-state index contributed by atoms with van der Waals surface area (Å²) in [6.45, 7) is 4.44.